The third-order valence-corrected chi connectivity index (χ3v) is 4.70. The number of ether oxygens (including phenoxy) is 1. The van der Waals surface area contributed by atoms with Crippen molar-refractivity contribution < 1.29 is 18.7 Å². The molecule has 0 bridgehead atoms. The Morgan fingerprint density at radius 1 is 0.875 bits per heavy atom. The zero-order valence-electron chi connectivity index (χ0n) is 17.2. The van der Waals surface area contributed by atoms with Crippen molar-refractivity contribution >= 4 is 17.7 Å². The quantitative estimate of drug-likeness (QED) is 0.440. The lowest BCUT2D eigenvalue weighted by Crippen LogP contribution is -2.34. The molecule has 2 N–H and O–H groups in total. The molecule has 2 amide bonds. The van der Waals surface area contributed by atoms with Gasteiger partial charge in [0.05, 0.1) is 18.4 Å². The number of methoxy groups -OCH3 is 1. The lowest BCUT2D eigenvalue weighted by Gasteiger charge is -2.17. The van der Waals surface area contributed by atoms with Crippen molar-refractivity contribution in [1.82, 2.24) is 15.5 Å². The first-order valence-corrected chi connectivity index (χ1v) is 9.84. The Labute approximate surface area is 184 Å². The predicted octanol–water partition coefficient (Wildman–Crippen LogP) is 4.43. The van der Waals surface area contributed by atoms with Crippen molar-refractivity contribution in [3.63, 3.8) is 0 Å². The largest absolute Gasteiger partial charge is 0.465 e. The Morgan fingerprint density at radius 2 is 1.53 bits per heavy atom. The van der Waals surface area contributed by atoms with Gasteiger partial charge in [-0.3, -0.25) is 0 Å². The number of esters is 1. The van der Waals surface area contributed by atoms with Crippen molar-refractivity contribution in [1.29, 1.82) is 0 Å². The number of aromatic nitrogens is 2. The van der Waals surface area contributed by atoms with Gasteiger partial charge in [0, 0.05) is 5.56 Å². The van der Waals surface area contributed by atoms with Gasteiger partial charge in [-0.25, -0.2) is 9.59 Å². The molecule has 8 nitrogen and oxygen atoms in total. The Bertz CT molecular complexity index is 1210. The minimum absolute atomic E-state index is 0.228. The van der Waals surface area contributed by atoms with Crippen LogP contribution in [0.5, 0.6) is 0 Å². The van der Waals surface area contributed by atoms with Crippen LogP contribution in [0.3, 0.4) is 0 Å². The lowest BCUT2D eigenvalue weighted by atomic mass is 10.1. The second-order valence-corrected chi connectivity index (χ2v) is 6.79. The van der Waals surface area contributed by atoms with E-state index in [0.29, 0.717) is 11.6 Å². The maximum atomic E-state index is 12.8. The minimum atomic E-state index is -0.702. The molecule has 0 radical (unpaired) electrons. The third-order valence-electron chi connectivity index (χ3n) is 4.70. The maximum Gasteiger partial charge on any atom is 0.339 e. The SMILES string of the molecule is COC(=O)c1ccccc1NC(=O)NC(c1ccccc1)c1nnc(-c2ccccc2)o1. The van der Waals surface area contributed by atoms with Crippen LogP contribution in [-0.4, -0.2) is 29.3 Å². The summed E-state index contributed by atoms with van der Waals surface area (Å²) in [6.07, 6.45) is 0. The highest BCUT2D eigenvalue weighted by Gasteiger charge is 2.24. The second-order valence-electron chi connectivity index (χ2n) is 6.79. The molecule has 160 valence electrons. The van der Waals surface area contributed by atoms with Crippen LogP contribution in [0.25, 0.3) is 11.5 Å². The molecule has 0 saturated carbocycles. The molecule has 0 saturated heterocycles. The first kappa shape index (κ1) is 20.8. The average molecular weight is 428 g/mol. The van der Waals surface area contributed by atoms with E-state index < -0.39 is 18.0 Å². The predicted molar refractivity (Wildman–Crippen MR) is 118 cm³/mol. The molecule has 1 heterocycles. The summed E-state index contributed by atoms with van der Waals surface area (Å²) in [6, 6.07) is 24.0. The molecule has 4 aromatic rings. The smallest absolute Gasteiger partial charge is 0.339 e. The van der Waals surface area contributed by atoms with Gasteiger partial charge in [0.25, 0.3) is 0 Å². The standard InChI is InChI=1S/C24H20N4O4/c1-31-23(29)18-14-8-9-15-19(18)25-24(30)26-20(16-10-4-2-5-11-16)22-28-27-21(32-22)17-12-6-3-7-13-17/h2-15,20H,1H3,(H2,25,26,30). The van der Waals surface area contributed by atoms with E-state index in [0.717, 1.165) is 11.1 Å². The Morgan fingerprint density at radius 3 is 2.25 bits per heavy atom. The van der Waals surface area contributed by atoms with E-state index in [4.69, 9.17) is 9.15 Å². The number of para-hydroxylation sites is 1. The van der Waals surface area contributed by atoms with E-state index in [-0.39, 0.29) is 11.5 Å². The number of carbonyl (C=O) groups excluding carboxylic acids is 2. The van der Waals surface area contributed by atoms with Crippen LogP contribution < -0.4 is 10.6 Å². The lowest BCUT2D eigenvalue weighted by molar-refractivity contribution is 0.0602. The maximum absolute atomic E-state index is 12.8. The van der Waals surface area contributed by atoms with Gasteiger partial charge in [-0.15, -0.1) is 10.2 Å². The summed E-state index contributed by atoms with van der Waals surface area (Å²) in [7, 11) is 1.28. The van der Waals surface area contributed by atoms with Crippen LogP contribution in [0.1, 0.15) is 27.9 Å². The second kappa shape index (κ2) is 9.57. The molecule has 1 aromatic heterocycles. The van der Waals surface area contributed by atoms with Crippen LogP contribution in [0, 0.1) is 0 Å². The molecular weight excluding hydrogens is 408 g/mol. The fourth-order valence-corrected chi connectivity index (χ4v) is 3.15. The number of amides is 2. The highest BCUT2D eigenvalue weighted by atomic mass is 16.5. The van der Waals surface area contributed by atoms with Gasteiger partial charge in [-0.1, -0.05) is 60.7 Å². The van der Waals surface area contributed by atoms with Crippen molar-refractivity contribution in [2.75, 3.05) is 12.4 Å². The Kier molecular flexibility index (Phi) is 6.22. The zero-order valence-corrected chi connectivity index (χ0v) is 17.2. The molecule has 1 unspecified atom stereocenters. The number of nitrogens with one attached hydrogen (secondary N) is 2. The van der Waals surface area contributed by atoms with Crippen molar-refractivity contribution in [3.8, 4) is 11.5 Å². The number of carbonyl (C=O) groups is 2. The molecule has 0 spiro atoms. The molecule has 8 heteroatoms. The number of nitrogens with zero attached hydrogens (tertiary/aromatic N) is 2. The van der Waals surface area contributed by atoms with Crippen LogP contribution in [-0.2, 0) is 4.74 Å². The minimum Gasteiger partial charge on any atom is -0.465 e. The molecule has 0 aliphatic heterocycles. The summed E-state index contributed by atoms with van der Waals surface area (Å²) in [6.45, 7) is 0. The molecule has 3 aromatic carbocycles. The first-order chi connectivity index (χ1) is 15.7. The van der Waals surface area contributed by atoms with Gasteiger partial charge in [-0.05, 0) is 29.8 Å². The summed E-state index contributed by atoms with van der Waals surface area (Å²) in [5.74, 6) is 0.0242. The normalized spacial score (nSPS) is 11.4. The van der Waals surface area contributed by atoms with Gasteiger partial charge in [0.1, 0.15) is 6.04 Å². The average Bonchev–Trinajstić information content (AvgIpc) is 3.33. The van der Waals surface area contributed by atoms with E-state index in [9.17, 15) is 9.59 Å². The van der Waals surface area contributed by atoms with E-state index in [1.54, 1.807) is 24.3 Å². The number of anilines is 1. The van der Waals surface area contributed by atoms with Gasteiger partial charge in [0.2, 0.25) is 11.8 Å². The highest BCUT2D eigenvalue weighted by Crippen LogP contribution is 2.25. The van der Waals surface area contributed by atoms with Crippen molar-refractivity contribution in [3.05, 3.63) is 102 Å². The van der Waals surface area contributed by atoms with Crippen LogP contribution in [0.2, 0.25) is 0 Å². The molecule has 32 heavy (non-hydrogen) atoms. The summed E-state index contributed by atoms with van der Waals surface area (Å²) in [5, 5.41) is 13.8. The number of benzene rings is 3. The molecular formula is C24H20N4O4. The topological polar surface area (TPSA) is 106 Å². The van der Waals surface area contributed by atoms with E-state index in [2.05, 4.69) is 20.8 Å². The molecule has 0 aliphatic carbocycles. The monoisotopic (exact) mass is 428 g/mol. The molecule has 0 fully saturated rings. The van der Waals surface area contributed by atoms with Crippen molar-refractivity contribution in [2.45, 2.75) is 6.04 Å². The van der Waals surface area contributed by atoms with Gasteiger partial charge in [-0.2, -0.15) is 0 Å². The van der Waals surface area contributed by atoms with E-state index in [1.807, 2.05) is 60.7 Å². The number of urea groups is 1. The summed E-state index contributed by atoms with van der Waals surface area (Å²) >= 11 is 0. The summed E-state index contributed by atoms with van der Waals surface area (Å²) < 4.78 is 10.7. The Hall–Kier alpha value is -4.46. The van der Waals surface area contributed by atoms with Crippen LogP contribution >= 0.6 is 0 Å². The first-order valence-electron chi connectivity index (χ1n) is 9.84. The Balaban J connectivity index is 1.60. The van der Waals surface area contributed by atoms with Gasteiger partial charge < -0.3 is 19.8 Å². The number of hydrogen-bond donors (Lipinski definition) is 2. The number of hydrogen-bond acceptors (Lipinski definition) is 6. The zero-order chi connectivity index (χ0) is 22.3. The van der Waals surface area contributed by atoms with E-state index in [1.165, 1.54) is 7.11 Å². The third kappa shape index (κ3) is 4.65. The molecule has 4 rings (SSSR count). The van der Waals surface area contributed by atoms with Crippen molar-refractivity contribution in [2.24, 2.45) is 0 Å². The summed E-state index contributed by atoms with van der Waals surface area (Å²) in [5.41, 5.74) is 2.09. The fourth-order valence-electron chi connectivity index (χ4n) is 3.15. The van der Waals surface area contributed by atoms with Gasteiger partial charge in [0.15, 0.2) is 0 Å². The summed E-state index contributed by atoms with van der Waals surface area (Å²) in [4.78, 5) is 24.8. The van der Waals surface area contributed by atoms with Crippen LogP contribution in [0.4, 0.5) is 10.5 Å². The van der Waals surface area contributed by atoms with E-state index >= 15 is 0 Å². The number of rotatable bonds is 6. The highest BCUT2D eigenvalue weighted by molar-refractivity contribution is 6.00. The van der Waals surface area contributed by atoms with Gasteiger partial charge >= 0.3 is 12.0 Å². The van der Waals surface area contributed by atoms with Crippen LogP contribution in [0.15, 0.2) is 89.3 Å². The molecule has 1 atom stereocenters. The molecule has 0 aliphatic rings. The fraction of sp³-hybridized carbons (Fsp3) is 0.0833.